The van der Waals surface area contributed by atoms with Crippen molar-refractivity contribution in [3.63, 3.8) is 0 Å². The van der Waals surface area contributed by atoms with Crippen molar-refractivity contribution in [1.82, 2.24) is 19.6 Å². The average molecular weight is 254 g/mol. The van der Waals surface area contributed by atoms with Crippen molar-refractivity contribution in [1.29, 1.82) is 0 Å². The van der Waals surface area contributed by atoms with Gasteiger partial charge in [0.15, 0.2) is 5.82 Å². The first-order chi connectivity index (χ1) is 8.24. The van der Waals surface area contributed by atoms with Gasteiger partial charge in [-0.3, -0.25) is 4.40 Å². The Bertz CT molecular complexity index is 483. The smallest absolute Gasteiger partial charge is 0.203 e. The highest BCUT2D eigenvalue weighted by Crippen LogP contribution is 2.24. The van der Waals surface area contributed by atoms with E-state index in [0.29, 0.717) is 5.88 Å². The van der Waals surface area contributed by atoms with Crippen molar-refractivity contribution in [2.45, 2.75) is 32.2 Å². The zero-order valence-electron chi connectivity index (χ0n) is 10.0. The lowest BCUT2D eigenvalue weighted by Crippen LogP contribution is -2.39. The largest absolute Gasteiger partial charge is 0.360 e. The van der Waals surface area contributed by atoms with E-state index in [0.717, 1.165) is 24.3 Å². The lowest BCUT2D eigenvalue weighted by Gasteiger charge is -2.31. The van der Waals surface area contributed by atoms with Crippen LogP contribution in [-0.2, 0) is 0 Å². The summed E-state index contributed by atoms with van der Waals surface area (Å²) in [6, 6.07) is 0. The van der Waals surface area contributed by atoms with Crippen molar-refractivity contribution in [3.05, 3.63) is 18.7 Å². The number of hydrogen-bond donors (Lipinski definition) is 1. The van der Waals surface area contributed by atoms with Crippen LogP contribution in [0.1, 0.15) is 26.7 Å². The van der Waals surface area contributed by atoms with Gasteiger partial charge in [-0.05, 0) is 12.8 Å². The molecule has 2 heterocycles. The lowest BCUT2D eigenvalue weighted by atomic mass is 9.95. The molecule has 0 atom stereocenters. The van der Waals surface area contributed by atoms with Crippen LogP contribution in [0.25, 0.3) is 5.65 Å². The SMILES string of the molecule is CCC(CC)(CCl)Nc1nccn2cnnc12. The van der Waals surface area contributed by atoms with Gasteiger partial charge >= 0.3 is 0 Å². The number of nitrogens with one attached hydrogen (secondary N) is 1. The first-order valence-electron chi connectivity index (χ1n) is 5.73. The number of hydrogen-bond acceptors (Lipinski definition) is 4. The second-order valence-corrected chi connectivity index (χ2v) is 4.35. The van der Waals surface area contributed by atoms with Crippen molar-refractivity contribution < 1.29 is 0 Å². The van der Waals surface area contributed by atoms with E-state index >= 15 is 0 Å². The molecule has 0 aliphatic carbocycles. The quantitative estimate of drug-likeness (QED) is 0.831. The van der Waals surface area contributed by atoms with Gasteiger partial charge in [0.25, 0.3) is 0 Å². The molecule has 92 valence electrons. The molecule has 2 aromatic rings. The Kier molecular flexibility index (Phi) is 3.47. The van der Waals surface area contributed by atoms with Crippen LogP contribution in [0.4, 0.5) is 5.82 Å². The highest BCUT2D eigenvalue weighted by Gasteiger charge is 2.26. The Labute approximate surface area is 105 Å². The molecule has 0 fully saturated rings. The maximum Gasteiger partial charge on any atom is 0.203 e. The van der Waals surface area contributed by atoms with Crippen LogP contribution >= 0.6 is 11.6 Å². The van der Waals surface area contributed by atoms with Crippen LogP contribution < -0.4 is 5.32 Å². The number of aromatic nitrogens is 4. The molecule has 0 aliphatic heterocycles. The molecule has 5 nitrogen and oxygen atoms in total. The molecule has 0 bridgehead atoms. The van der Waals surface area contributed by atoms with Crippen LogP contribution in [0.5, 0.6) is 0 Å². The Morgan fingerprint density at radius 2 is 2.18 bits per heavy atom. The van der Waals surface area contributed by atoms with Crippen molar-refractivity contribution in [3.8, 4) is 0 Å². The van der Waals surface area contributed by atoms with Gasteiger partial charge in [-0.1, -0.05) is 13.8 Å². The predicted octanol–water partition coefficient (Wildman–Crippen LogP) is 2.33. The number of rotatable bonds is 5. The fourth-order valence-corrected chi connectivity index (χ4v) is 2.19. The summed E-state index contributed by atoms with van der Waals surface area (Å²) < 4.78 is 1.83. The fourth-order valence-electron chi connectivity index (χ4n) is 1.75. The van der Waals surface area contributed by atoms with Gasteiger partial charge < -0.3 is 5.32 Å². The highest BCUT2D eigenvalue weighted by atomic mass is 35.5. The van der Waals surface area contributed by atoms with E-state index < -0.39 is 0 Å². The molecule has 0 amide bonds. The third-order valence-corrected chi connectivity index (χ3v) is 3.72. The van der Waals surface area contributed by atoms with Gasteiger partial charge in [0.2, 0.25) is 5.65 Å². The molecule has 0 aromatic carbocycles. The van der Waals surface area contributed by atoms with Crippen molar-refractivity contribution >= 4 is 23.1 Å². The Morgan fingerprint density at radius 3 is 2.82 bits per heavy atom. The molecular weight excluding hydrogens is 238 g/mol. The molecule has 1 N–H and O–H groups in total. The number of halogens is 1. The maximum atomic E-state index is 6.07. The molecule has 0 aliphatic rings. The van der Waals surface area contributed by atoms with Gasteiger partial charge in [0.05, 0.1) is 5.54 Å². The lowest BCUT2D eigenvalue weighted by molar-refractivity contribution is 0.483. The summed E-state index contributed by atoms with van der Waals surface area (Å²) in [7, 11) is 0. The molecule has 2 rings (SSSR count). The van der Waals surface area contributed by atoms with Gasteiger partial charge in [-0.15, -0.1) is 21.8 Å². The minimum atomic E-state index is -0.137. The molecule has 0 spiro atoms. The van der Waals surface area contributed by atoms with Crippen LogP contribution in [-0.4, -0.2) is 31.0 Å². The maximum absolute atomic E-state index is 6.07. The van der Waals surface area contributed by atoms with Crippen molar-refractivity contribution in [2.75, 3.05) is 11.2 Å². The summed E-state index contributed by atoms with van der Waals surface area (Å²) >= 11 is 6.07. The number of alkyl halides is 1. The summed E-state index contributed by atoms with van der Waals surface area (Å²) in [4.78, 5) is 4.31. The third kappa shape index (κ3) is 2.20. The van der Waals surface area contributed by atoms with E-state index in [1.165, 1.54) is 0 Å². The second-order valence-electron chi connectivity index (χ2n) is 4.08. The van der Waals surface area contributed by atoms with Gasteiger partial charge in [-0.25, -0.2) is 4.98 Å². The minimum Gasteiger partial charge on any atom is -0.360 e. The fraction of sp³-hybridized carbons (Fsp3) is 0.545. The summed E-state index contributed by atoms with van der Waals surface area (Å²) in [5, 5.41) is 11.3. The van der Waals surface area contributed by atoms with E-state index in [2.05, 4.69) is 34.3 Å². The van der Waals surface area contributed by atoms with Crippen LogP contribution in [0.3, 0.4) is 0 Å². The first-order valence-corrected chi connectivity index (χ1v) is 6.26. The zero-order valence-corrected chi connectivity index (χ0v) is 10.8. The van der Waals surface area contributed by atoms with Crippen LogP contribution in [0.15, 0.2) is 18.7 Å². The Morgan fingerprint density at radius 1 is 1.41 bits per heavy atom. The summed E-state index contributed by atoms with van der Waals surface area (Å²) in [6.07, 6.45) is 7.07. The minimum absolute atomic E-state index is 0.137. The average Bonchev–Trinajstić information content (AvgIpc) is 2.85. The number of fused-ring (bicyclic) bond motifs is 1. The monoisotopic (exact) mass is 253 g/mol. The predicted molar refractivity (Wildman–Crippen MR) is 68.4 cm³/mol. The van der Waals surface area contributed by atoms with Crippen LogP contribution in [0, 0.1) is 0 Å². The molecule has 0 unspecified atom stereocenters. The molecule has 0 saturated carbocycles. The van der Waals surface area contributed by atoms with Crippen molar-refractivity contribution in [2.24, 2.45) is 0 Å². The topological polar surface area (TPSA) is 55.1 Å². The van der Waals surface area contributed by atoms with E-state index in [1.54, 1.807) is 12.5 Å². The highest BCUT2D eigenvalue weighted by molar-refractivity contribution is 6.18. The second kappa shape index (κ2) is 4.87. The Balaban J connectivity index is 2.37. The molecule has 17 heavy (non-hydrogen) atoms. The number of anilines is 1. The summed E-state index contributed by atoms with van der Waals surface area (Å²) in [6.45, 7) is 4.23. The summed E-state index contributed by atoms with van der Waals surface area (Å²) in [5.74, 6) is 1.27. The van der Waals surface area contributed by atoms with E-state index in [-0.39, 0.29) is 5.54 Å². The van der Waals surface area contributed by atoms with E-state index in [1.807, 2.05) is 10.6 Å². The van der Waals surface area contributed by atoms with E-state index in [4.69, 9.17) is 11.6 Å². The number of nitrogens with zero attached hydrogens (tertiary/aromatic N) is 4. The van der Waals surface area contributed by atoms with Gasteiger partial charge in [-0.2, -0.15) is 0 Å². The molecule has 0 saturated heterocycles. The molecular formula is C11H16ClN5. The first kappa shape index (κ1) is 12.1. The standard InChI is InChI=1S/C11H16ClN5/c1-3-11(4-2,7-12)15-9-10-16-14-8-17(10)6-5-13-9/h5-6,8H,3-4,7H2,1-2H3,(H,13,15). The zero-order chi connectivity index (χ0) is 12.3. The normalized spacial score (nSPS) is 11.9. The molecule has 6 heteroatoms. The van der Waals surface area contributed by atoms with Gasteiger partial charge in [0, 0.05) is 18.3 Å². The molecule has 2 aromatic heterocycles. The van der Waals surface area contributed by atoms with Crippen LogP contribution in [0.2, 0.25) is 0 Å². The van der Waals surface area contributed by atoms with Gasteiger partial charge in [0.1, 0.15) is 6.33 Å². The third-order valence-electron chi connectivity index (χ3n) is 3.21. The van der Waals surface area contributed by atoms with E-state index in [9.17, 15) is 0 Å². The Hall–Kier alpha value is -1.36. The molecule has 0 radical (unpaired) electrons. The summed E-state index contributed by atoms with van der Waals surface area (Å²) in [5.41, 5.74) is 0.589.